The van der Waals surface area contributed by atoms with Crippen LogP contribution in [-0.2, 0) is 4.79 Å². The lowest BCUT2D eigenvalue weighted by Crippen LogP contribution is -2.52. The van der Waals surface area contributed by atoms with Crippen LogP contribution in [0.1, 0.15) is 51.9 Å². The number of carboxylic acid groups (broad SMARTS) is 1. The minimum atomic E-state index is -0.769. The van der Waals surface area contributed by atoms with Gasteiger partial charge in [-0.3, -0.25) is 4.79 Å². The molecule has 2 bridgehead atoms. The summed E-state index contributed by atoms with van der Waals surface area (Å²) in [5.41, 5.74) is 0. The molecule has 6 heteroatoms. The van der Waals surface area contributed by atoms with Crippen LogP contribution in [0, 0.1) is 5.92 Å². The molecular weight excluding hydrogens is 272 g/mol. The van der Waals surface area contributed by atoms with Crippen molar-refractivity contribution in [3.05, 3.63) is 0 Å². The van der Waals surface area contributed by atoms with E-state index in [1.807, 2.05) is 11.8 Å². The number of carbonyl (C=O) groups excluding carboxylic acids is 1. The molecule has 0 radical (unpaired) electrons. The number of fused-ring (bicyclic) bond motifs is 2. The number of aliphatic carboxylic acids is 1. The van der Waals surface area contributed by atoms with E-state index < -0.39 is 5.97 Å². The SMILES string of the molecule is CC(CCNC(=O)N1C2CCC1CC(O)C2)CCC(=O)O. The second kappa shape index (κ2) is 7.11. The third-order valence-electron chi connectivity index (χ3n) is 4.71. The lowest BCUT2D eigenvalue weighted by molar-refractivity contribution is -0.137. The van der Waals surface area contributed by atoms with Gasteiger partial charge in [0.2, 0.25) is 0 Å². The van der Waals surface area contributed by atoms with Gasteiger partial charge in [0.25, 0.3) is 0 Å². The monoisotopic (exact) mass is 298 g/mol. The summed E-state index contributed by atoms with van der Waals surface area (Å²) in [6.07, 6.45) is 4.73. The number of amides is 2. The number of carbonyl (C=O) groups is 2. The summed E-state index contributed by atoms with van der Waals surface area (Å²) in [4.78, 5) is 24.7. The summed E-state index contributed by atoms with van der Waals surface area (Å²) in [7, 11) is 0. The standard InChI is InChI=1S/C15H26N2O4/c1-10(2-5-14(19)20)6-7-16-15(21)17-11-3-4-12(17)9-13(18)8-11/h10-13,18H,2-9H2,1H3,(H,16,21)(H,19,20). The van der Waals surface area contributed by atoms with Crippen molar-refractivity contribution in [1.29, 1.82) is 0 Å². The summed E-state index contributed by atoms with van der Waals surface area (Å²) in [5.74, 6) is -0.476. The average Bonchev–Trinajstić information content (AvgIpc) is 2.68. The molecule has 6 nitrogen and oxygen atoms in total. The third kappa shape index (κ3) is 4.33. The van der Waals surface area contributed by atoms with Crippen LogP contribution in [0.15, 0.2) is 0 Å². The van der Waals surface area contributed by atoms with E-state index in [2.05, 4.69) is 5.32 Å². The van der Waals surface area contributed by atoms with Crippen molar-refractivity contribution >= 4 is 12.0 Å². The molecule has 3 atom stereocenters. The molecule has 2 saturated heterocycles. The van der Waals surface area contributed by atoms with E-state index in [1.54, 1.807) is 0 Å². The molecule has 3 unspecified atom stereocenters. The average molecular weight is 298 g/mol. The first-order chi connectivity index (χ1) is 9.97. The van der Waals surface area contributed by atoms with Crippen molar-refractivity contribution < 1.29 is 19.8 Å². The maximum atomic E-state index is 12.3. The van der Waals surface area contributed by atoms with Crippen LogP contribution in [0.4, 0.5) is 4.79 Å². The van der Waals surface area contributed by atoms with Crippen molar-refractivity contribution in [2.45, 2.75) is 70.1 Å². The van der Waals surface area contributed by atoms with Gasteiger partial charge in [-0.2, -0.15) is 0 Å². The second-order valence-corrected chi connectivity index (χ2v) is 6.48. The van der Waals surface area contributed by atoms with Crippen LogP contribution >= 0.6 is 0 Å². The van der Waals surface area contributed by atoms with Crippen LogP contribution in [0.5, 0.6) is 0 Å². The Hall–Kier alpha value is -1.30. The van der Waals surface area contributed by atoms with E-state index in [1.165, 1.54) is 0 Å². The molecule has 2 heterocycles. The second-order valence-electron chi connectivity index (χ2n) is 6.48. The summed E-state index contributed by atoms with van der Waals surface area (Å²) >= 11 is 0. The highest BCUT2D eigenvalue weighted by Crippen LogP contribution is 2.35. The fourth-order valence-corrected chi connectivity index (χ4v) is 3.51. The number of hydrogen-bond acceptors (Lipinski definition) is 3. The van der Waals surface area contributed by atoms with Crippen molar-refractivity contribution in [1.82, 2.24) is 10.2 Å². The molecule has 21 heavy (non-hydrogen) atoms. The van der Waals surface area contributed by atoms with E-state index in [0.717, 1.165) is 19.3 Å². The predicted octanol–water partition coefficient (Wildman–Crippen LogP) is 1.57. The van der Waals surface area contributed by atoms with Crippen molar-refractivity contribution in [2.24, 2.45) is 5.92 Å². The van der Waals surface area contributed by atoms with Crippen molar-refractivity contribution in [2.75, 3.05) is 6.54 Å². The maximum absolute atomic E-state index is 12.3. The number of rotatable bonds is 6. The fourth-order valence-electron chi connectivity index (χ4n) is 3.51. The van der Waals surface area contributed by atoms with Crippen LogP contribution in [-0.4, -0.2) is 51.8 Å². The summed E-state index contributed by atoms with van der Waals surface area (Å²) in [6, 6.07) is 0.339. The van der Waals surface area contributed by atoms with Crippen molar-refractivity contribution in [3.63, 3.8) is 0 Å². The Labute approximate surface area is 125 Å². The minimum Gasteiger partial charge on any atom is -0.481 e. The zero-order chi connectivity index (χ0) is 15.4. The first-order valence-corrected chi connectivity index (χ1v) is 7.93. The Balaban J connectivity index is 1.69. The molecule has 0 aromatic heterocycles. The molecule has 2 fully saturated rings. The largest absolute Gasteiger partial charge is 0.481 e. The molecule has 0 aromatic rings. The maximum Gasteiger partial charge on any atom is 0.317 e. The quantitative estimate of drug-likeness (QED) is 0.694. The van der Waals surface area contributed by atoms with Gasteiger partial charge in [-0.15, -0.1) is 0 Å². The lowest BCUT2D eigenvalue weighted by atomic mass is 10.0. The van der Waals surface area contributed by atoms with Gasteiger partial charge in [0.15, 0.2) is 0 Å². The van der Waals surface area contributed by atoms with Gasteiger partial charge >= 0.3 is 12.0 Å². The van der Waals surface area contributed by atoms with Gasteiger partial charge in [-0.05, 0) is 44.4 Å². The lowest BCUT2D eigenvalue weighted by Gasteiger charge is -2.37. The first kappa shape index (κ1) is 16.1. The summed E-state index contributed by atoms with van der Waals surface area (Å²) in [5, 5.41) is 21.3. The number of urea groups is 1. The number of aliphatic hydroxyl groups excluding tert-OH is 1. The van der Waals surface area contributed by atoms with E-state index >= 15 is 0 Å². The molecule has 2 rings (SSSR count). The Kier molecular flexibility index (Phi) is 5.45. The normalized spacial score (nSPS) is 29.2. The minimum absolute atomic E-state index is 0.0279. The smallest absolute Gasteiger partial charge is 0.317 e. The molecule has 2 aliphatic rings. The molecular formula is C15H26N2O4. The van der Waals surface area contributed by atoms with Gasteiger partial charge in [0.05, 0.1) is 6.10 Å². The van der Waals surface area contributed by atoms with Gasteiger partial charge < -0.3 is 20.4 Å². The predicted molar refractivity (Wildman–Crippen MR) is 77.9 cm³/mol. The van der Waals surface area contributed by atoms with E-state index in [4.69, 9.17) is 5.11 Å². The highest BCUT2D eigenvalue weighted by Gasteiger charge is 2.42. The van der Waals surface area contributed by atoms with E-state index in [9.17, 15) is 14.7 Å². The first-order valence-electron chi connectivity index (χ1n) is 7.93. The number of nitrogens with zero attached hydrogens (tertiary/aromatic N) is 1. The van der Waals surface area contributed by atoms with E-state index in [-0.39, 0.29) is 30.6 Å². The van der Waals surface area contributed by atoms with Crippen LogP contribution < -0.4 is 5.32 Å². The van der Waals surface area contributed by atoms with Crippen LogP contribution in [0.2, 0.25) is 0 Å². The molecule has 0 saturated carbocycles. The topological polar surface area (TPSA) is 89.9 Å². The molecule has 0 spiro atoms. The fraction of sp³-hybridized carbons (Fsp3) is 0.867. The Bertz CT molecular complexity index is 374. The van der Waals surface area contributed by atoms with Crippen LogP contribution in [0.3, 0.4) is 0 Å². The number of carboxylic acids is 1. The highest BCUT2D eigenvalue weighted by atomic mass is 16.4. The summed E-state index contributed by atoms with van der Waals surface area (Å²) < 4.78 is 0. The molecule has 120 valence electrons. The zero-order valence-corrected chi connectivity index (χ0v) is 12.6. The van der Waals surface area contributed by atoms with Gasteiger partial charge in [-0.25, -0.2) is 4.79 Å². The Morgan fingerprint density at radius 2 is 1.86 bits per heavy atom. The van der Waals surface area contributed by atoms with Gasteiger partial charge in [0, 0.05) is 25.0 Å². The molecule has 3 N–H and O–H groups in total. The third-order valence-corrected chi connectivity index (χ3v) is 4.71. The number of hydrogen-bond donors (Lipinski definition) is 3. The molecule has 2 aliphatic heterocycles. The number of aliphatic hydroxyl groups is 1. The molecule has 2 amide bonds. The van der Waals surface area contributed by atoms with Gasteiger partial charge in [-0.1, -0.05) is 6.92 Å². The van der Waals surface area contributed by atoms with E-state index in [0.29, 0.717) is 31.7 Å². The Morgan fingerprint density at radius 1 is 1.24 bits per heavy atom. The van der Waals surface area contributed by atoms with Gasteiger partial charge in [0.1, 0.15) is 0 Å². The zero-order valence-electron chi connectivity index (χ0n) is 12.6. The number of piperidine rings is 1. The number of nitrogens with one attached hydrogen (secondary N) is 1. The Morgan fingerprint density at radius 3 is 2.43 bits per heavy atom. The van der Waals surface area contributed by atoms with Crippen LogP contribution in [0.25, 0.3) is 0 Å². The molecule has 0 aliphatic carbocycles. The summed E-state index contributed by atoms with van der Waals surface area (Å²) in [6.45, 7) is 2.59. The highest BCUT2D eigenvalue weighted by molar-refractivity contribution is 5.75. The van der Waals surface area contributed by atoms with Crippen molar-refractivity contribution in [3.8, 4) is 0 Å². The molecule has 0 aromatic carbocycles.